The molecule has 0 amide bonds. The lowest BCUT2D eigenvalue weighted by molar-refractivity contribution is -1.92. The third-order valence-electron chi connectivity index (χ3n) is 3.19. The average molecular weight is 327 g/mol. The Morgan fingerprint density at radius 1 is 1.00 bits per heavy atom. The molecule has 0 saturated carbocycles. The number of para-hydroxylation sites is 1. The molecule has 1 heterocycles. The first-order valence-corrected chi connectivity index (χ1v) is 8.11. The van der Waals surface area contributed by atoms with Crippen LogP contribution in [0.4, 0.5) is 0 Å². The molecule has 6 heteroatoms. The fourth-order valence-corrected chi connectivity index (χ4v) is 2.52. The molecular weight excluding hydrogens is 306 g/mol. The van der Waals surface area contributed by atoms with Crippen LogP contribution < -0.4 is 18.5 Å². The van der Waals surface area contributed by atoms with Crippen LogP contribution in [0.3, 0.4) is 0 Å². The van der Waals surface area contributed by atoms with E-state index in [1.165, 1.54) is 28.2 Å². The normalized spacial score (nSPS) is 10.9. The number of benzene rings is 1. The highest BCUT2D eigenvalue weighted by atomic mass is 35.7. The molecular formula is C16H21ClNO4+. The molecule has 1 aromatic carbocycles. The molecule has 0 saturated heterocycles. The Bertz CT molecular complexity index is 609. The van der Waals surface area contributed by atoms with Gasteiger partial charge in [-0.2, -0.15) is 18.5 Å². The quantitative estimate of drug-likeness (QED) is 0.740. The van der Waals surface area contributed by atoms with E-state index < -0.39 is 10.2 Å². The van der Waals surface area contributed by atoms with Crippen LogP contribution in [0.1, 0.15) is 29.4 Å². The van der Waals surface area contributed by atoms with E-state index in [-0.39, 0.29) is 0 Å². The van der Waals surface area contributed by atoms with Crippen LogP contribution in [0.5, 0.6) is 0 Å². The molecule has 0 spiro atoms. The summed E-state index contributed by atoms with van der Waals surface area (Å²) in [6.45, 7) is 8.70. The molecule has 0 bridgehead atoms. The SMILES string of the molecule is CCc1ccccc1-[n+]1c(C)cc(C)cc1C.[O-][Cl+3]([O-])([O-])O. The number of hydrogen-bond donors (Lipinski definition) is 1. The topological polar surface area (TPSA) is 93.3 Å². The maximum atomic E-state index is 8.60. The van der Waals surface area contributed by atoms with Crippen molar-refractivity contribution in [3.63, 3.8) is 0 Å². The molecule has 0 aliphatic rings. The Balaban J connectivity index is 0.000000422. The van der Waals surface area contributed by atoms with E-state index >= 15 is 0 Å². The molecule has 0 radical (unpaired) electrons. The fraction of sp³-hybridized carbons (Fsp3) is 0.312. The summed E-state index contributed by atoms with van der Waals surface area (Å²) < 4.78 is 35.1. The Morgan fingerprint density at radius 3 is 1.91 bits per heavy atom. The maximum absolute atomic E-state index is 8.60. The highest BCUT2D eigenvalue weighted by Crippen LogP contribution is 2.12. The van der Waals surface area contributed by atoms with Gasteiger partial charge in [-0.05, 0) is 18.9 Å². The third-order valence-corrected chi connectivity index (χ3v) is 3.19. The van der Waals surface area contributed by atoms with Crippen LogP contribution in [-0.2, 0) is 6.42 Å². The molecule has 22 heavy (non-hydrogen) atoms. The minimum atomic E-state index is -4.69. The van der Waals surface area contributed by atoms with Crippen molar-refractivity contribution in [2.24, 2.45) is 0 Å². The van der Waals surface area contributed by atoms with Gasteiger partial charge in [-0.25, -0.2) is 0 Å². The molecule has 2 rings (SSSR count). The molecule has 0 aliphatic carbocycles. The van der Waals surface area contributed by atoms with Crippen molar-refractivity contribution in [2.45, 2.75) is 34.1 Å². The van der Waals surface area contributed by atoms with E-state index in [1.807, 2.05) is 0 Å². The highest BCUT2D eigenvalue weighted by Gasteiger charge is 2.17. The van der Waals surface area contributed by atoms with E-state index in [0.717, 1.165) is 6.42 Å². The summed E-state index contributed by atoms with van der Waals surface area (Å²) in [5.74, 6) is 0. The first-order chi connectivity index (χ1) is 10.1. The number of pyridine rings is 1. The zero-order valence-corrected chi connectivity index (χ0v) is 13.9. The van der Waals surface area contributed by atoms with Gasteiger partial charge >= 0.3 is 0 Å². The molecule has 1 aromatic heterocycles. The van der Waals surface area contributed by atoms with Gasteiger partial charge in [0.1, 0.15) is 0 Å². The summed E-state index contributed by atoms with van der Waals surface area (Å²) in [6, 6.07) is 13.1. The zero-order chi connectivity index (χ0) is 16.9. The van der Waals surface area contributed by atoms with Crippen molar-refractivity contribution in [3.05, 3.63) is 58.9 Å². The molecule has 0 fully saturated rings. The van der Waals surface area contributed by atoms with Gasteiger partial charge in [-0.1, -0.05) is 25.1 Å². The fourth-order valence-electron chi connectivity index (χ4n) is 2.52. The lowest BCUT2D eigenvalue weighted by Crippen LogP contribution is -2.58. The predicted molar refractivity (Wildman–Crippen MR) is 73.8 cm³/mol. The molecule has 0 aliphatic heterocycles. The summed E-state index contributed by atoms with van der Waals surface area (Å²) in [7, 11) is -4.69. The number of nitrogens with zero attached hydrogens (tertiary/aromatic N) is 1. The molecule has 2 aromatic rings. The van der Waals surface area contributed by atoms with Gasteiger partial charge in [-0.3, -0.25) is 0 Å². The van der Waals surface area contributed by atoms with Crippen LogP contribution in [0.2, 0.25) is 0 Å². The third kappa shape index (κ3) is 5.71. The first-order valence-electron chi connectivity index (χ1n) is 6.85. The van der Waals surface area contributed by atoms with E-state index in [9.17, 15) is 0 Å². The van der Waals surface area contributed by atoms with Crippen LogP contribution in [0, 0.1) is 31.0 Å². The van der Waals surface area contributed by atoms with Crippen molar-refractivity contribution in [1.82, 2.24) is 0 Å². The Kier molecular flexibility index (Phi) is 6.47. The lowest BCUT2D eigenvalue weighted by atomic mass is 10.1. The second-order valence-corrected chi connectivity index (χ2v) is 5.82. The summed E-state index contributed by atoms with van der Waals surface area (Å²) in [6.07, 6.45) is 1.07. The van der Waals surface area contributed by atoms with E-state index in [0.29, 0.717) is 0 Å². The predicted octanol–water partition coefficient (Wildman–Crippen LogP) is -0.673. The van der Waals surface area contributed by atoms with Crippen LogP contribution in [0.25, 0.3) is 5.69 Å². The molecule has 1 N–H and O–H groups in total. The summed E-state index contributed by atoms with van der Waals surface area (Å²) >= 11 is 0. The smallest absolute Gasteiger partial charge is 0.183 e. The van der Waals surface area contributed by atoms with Crippen LogP contribution >= 0.6 is 0 Å². The first kappa shape index (κ1) is 18.5. The second kappa shape index (κ2) is 7.67. The number of aromatic nitrogens is 1. The van der Waals surface area contributed by atoms with E-state index in [2.05, 4.69) is 68.7 Å². The lowest BCUT2D eigenvalue weighted by Gasteiger charge is -2.08. The van der Waals surface area contributed by atoms with E-state index in [4.69, 9.17) is 18.6 Å². The minimum Gasteiger partial charge on any atom is -0.183 e. The van der Waals surface area contributed by atoms with Crippen molar-refractivity contribution in [2.75, 3.05) is 0 Å². The van der Waals surface area contributed by atoms with Gasteiger partial charge in [0.25, 0.3) is 0 Å². The largest absolute Gasteiger partial charge is 0.214 e. The van der Waals surface area contributed by atoms with Gasteiger partial charge in [0.15, 0.2) is 11.4 Å². The summed E-state index contributed by atoms with van der Waals surface area (Å²) in [5.41, 5.74) is 6.62. The van der Waals surface area contributed by atoms with Crippen molar-refractivity contribution in [1.29, 1.82) is 0 Å². The van der Waals surface area contributed by atoms with Gasteiger partial charge in [-0.15, -0.1) is 0 Å². The van der Waals surface area contributed by atoms with Crippen molar-refractivity contribution < 1.29 is 33.4 Å². The van der Waals surface area contributed by atoms with Gasteiger partial charge in [0.05, 0.1) is 14.9 Å². The summed E-state index contributed by atoms with van der Waals surface area (Å²) in [5, 5.41) is 0. The van der Waals surface area contributed by atoms with Gasteiger partial charge in [0, 0.05) is 37.6 Å². The summed E-state index contributed by atoms with van der Waals surface area (Å²) in [4.78, 5) is 0. The molecule has 0 unspecified atom stereocenters. The molecule has 5 nitrogen and oxygen atoms in total. The number of rotatable bonds is 2. The average Bonchev–Trinajstić information content (AvgIpc) is 2.36. The second-order valence-electron chi connectivity index (χ2n) is 5.03. The van der Waals surface area contributed by atoms with Gasteiger partial charge in [0.2, 0.25) is 5.69 Å². The monoisotopic (exact) mass is 326 g/mol. The molecule has 0 atom stereocenters. The van der Waals surface area contributed by atoms with Crippen molar-refractivity contribution >= 4 is 0 Å². The van der Waals surface area contributed by atoms with E-state index in [1.54, 1.807) is 0 Å². The number of aryl methyl sites for hydroxylation is 4. The number of hydrogen-bond acceptors (Lipinski definition) is 4. The maximum Gasteiger partial charge on any atom is 0.214 e. The number of halogens is 1. The van der Waals surface area contributed by atoms with Crippen LogP contribution in [-0.4, -0.2) is 4.66 Å². The Hall–Kier alpha value is -1.50. The zero-order valence-electron chi connectivity index (χ0n) is 13.2. The van der Waals surface area contributed by atoms with Gasteiger partial charge < -0.3 is 0 Å². The van der Waals surface area contributed by atoms with Crippen molar-refractivity contribution in [3.8, 4) is 5.69 Å². The minimum absolute atomic E-state index is 1.07. The highest BCUT2D eigenvalue weighted by molar-refractivity contribution is 5.34. The molecule has 120 valence electrons. The standard InChI is InChI=1S/C16H20N.ClHO4/c1-5-15-8-6-7-9-16(15)17-13(3)10-12(2)11-14(17)4;2-1(3,4)5/h6-11H,5H2,1-4H3;(H,2,3,4,5)/q+1;. The Morgan fingerprint density at radius 2 is 1.45 bits per heavy atom. The Labute approximate surface area is 132 Å². The van der Waals surface area contributed by atoms with Crippen LogP contribution in [0.15, 0.2) is 36.4 Å².